The standard InChI is InChI=1S/C17H14N4O2S/c1-9-3-5-11-14(7-9)24-17(19-11)20-16-18-12-8-10(15(22)23)4-6-13(12)21(16)2/h3-8H,1-2H3,(H,22,23)(H,18,19,20). The summed E-state index contributed by atoms with van der Waals surface area (Å²) in [4.78, 5) is 20.2. The van der Waals surface area contributed by atoms with Gasteiger partial charge in [0.2, 0.25) is 5.95 Å². The Morgan fingerprint density at radius 1 is 1.17 bits per heavy atom. The summed E-state index contributed by atoms with van der Waals surface area (Å²) in [5.74, 6) is -0.332. The van der Waals surface area contributed by atoms with Gasteiger partial charge in [0.1, 0.15) is 0 Å². The summed E-state index contributed by atoms with van der Waals surface area (Å²) < 4.78 is 3.00. The van der Waals surface area contributed by atoms with E-state index < -0.39 is 5.97 Å². The third kappa shape index (κ3) is 2.39. The molecule has 0 aliphatic rings. The van der Waals surface area contributed by atoms with Crippen LogP contribution in [0.15, 0.2) is 36.4 Å². The van der Waals surface area contributed by atoms with Crippen molar-refractivity contribution in [2.24, 2.45) is 7.05 Å². The van der Waals surface area contributed by atoms with Crippen LogP contribution in [0.2, 0.25) is 0 Å². The lowest BCUT2D eigenvalue weighted by Crippen LogP contribution is -1.98. The molecule has 0 amide bonds. The molecule has 0 bridgehead atoms. The number of benzene rings is 2. The summed E-state index contributed by atoms with van der Waals surface area (Å²) in [7, 11) is 1.88. The number of fused-ring (bicyclic) bond motifs is 2. The minimum absolute atomic E-state index is 0.225. The number of carboxylic acid groups (broad SMARTS) is 1. The summed E-state index contributed by atoms with van der Waals surface area (Å²) in [5.41, 5.74) is 3.86. The SMILES string of the molecule is Cc1ccc2nc(Nc3nc4cc(C(=O)O)ccc4n3C)sc2c1. The first-order valence-electron chi connectivity index (χ1n) is 7.35. The second-order valence-corrected chi connectivity index (χ2v) is 6.65. The first-order valence-corrected chi connectivity index (χ1v) is 8.17. The number of anilines is 2. The zero-order chi connectivity index (χ0) is 16.8. The van der Waals surface area contributed by atoms with E-state index in [2.05, 4.69) is 28.3 Å². The maximum absolute atomic E-state index is 11.1. The van der Waals surface area contributed by atoms with Crippen LogP contribution in [0.25, 0.3) is 21.3 Å². The predicted octanol–water partition coefficient (Wildman–Crippen LogP) is 3.93. The van der Waals surface area contributed by atoms with Crippen molar-refractivity contribution >= 4 is 49.6 Å². The number of thiazole rings is 1. The molecule has 120 valence electrons. The smallest absolute Gasteiger partial charge is 0.335 e. The van der Waals surface area contributed by atoms with Gasteiger partial charge in [-0.2, -0.15) is 0 Å². The third-order valence-corrected chi connectivity index (χ3v) is 4.82. The second kappa shape index (κ2) is 5.31. The molecule has 0 atom stereocenters. The van der Waals surface area contributed by atoms with E-state index in [-0.39, 0.29) is 5.56 Å². The number of hydrogen-bond acceptors (Lipinski definition) is 5. The van der Waals surface area contributed by atoms with Crippen molar-refractivity contribution < 1.29 is 9.90 Å². The Hall–Kier alpha value is -2.93. The lowest BCUT2D eigenvalue weighted by molar-refractivity contribution is 0.0697. The fourth-order valence-electron chi connectivity index (χ4n) is 2.63. The highest BCUT2D eigenvalue weighted by Gasteiger charge is 2.12. The van der Waals surface area contributed by atoms with Gasteiger partial charge in [-0.25, -0.2) is 14.8 Å². The van der Waals surface area contributed by atoms with Crippen molar-refractivity contribution in [3.63, 3.8) is 0 Å². The maximum Gasteiger partial charge on any atom is 0.335 e. The number of rotatable bonds is 3. The largest absolute Gasteiger partial charge is 0.478 e. The van der Waals surface area contributed by atoms with E-state index in [1.165, 1.54) is 5.56 Å². The molecule has 4 aromatic rings. The third-order valence-electron chi connectivity index (χ3n) is 3.89. The van der Waals surface area contributed by atoms with Crippen LogP contribution in [0.1, 0.15) is 15.9 Å². The molecule has 0 unspecified atom stereocenters. The summed E-state index contributed by atoms with van der Waals surface area (Å²) in [5, 5.41) is 13.1. The molecule has 24 heavy (non-hydrogen) atoms. The summed E-state index contributed by atoms with van der Waals surface area (Å²) >= 11 is 1.56. The fraction of sp³-hybridized carbons (Fsp3) is 0.118. The zero-order valence-corrected chi connectivity index (χ0v) is 13.9. The summed E-state index contributed by atoms with van der Waals surface area (Å²) in [6.45, 7) is 2.05. The summed E-state index contributed by atoms with van der Waals surface area (Å²) in [6, 6.07) is 11.1. The number of carbonyl (C=O) groups is 1. The first kappa shape index (κ1) is 14.6. The number of hydrogen-bond donors (Lipinski definition) is 2. The average molecular weight is 338 g/mol. The van der Waals surface area contributed by atoms with Crippen LogP contribution < -0.4 is 5.32 Å². The highest BCUT2D eigenvalue weighted by molar-refractivity contribution is 7.22. The monoisotopic (exact) mass is 338 g/mol. The predicted molar refractivity (Wildman–Crippen MR) is 95.3 cm³/mol. The molecule has 0 saturated carbocycles. The maximum atomic E-state index is 11.1. The molecular formula is C17H14N4O2S. The molecule has 2 heterocycles. The van der Waals surface area contributed by atoms with Crippen LogP contribution in [0.3, 0.4) is 0 Å². The van der Waals surface area contributed by atoms with Gasteiger partial charge in [0.25, 0.3) is 0 Å². The molecule has 2 aromatic carbocycles. The number of imidazole rings is 1. The van der Waals surface area contributed by atoms with Gasteiger partial charge in [-0.15, -0.1) is 0 Å². The van der Waals surface area contributed by atoms with Crippen LogP contribution in [0, 0.1) is 6.92 Å². The number of aryl methyl sites for hydroxylation is 2. The molecule has 0 aliphatic heterocycles. The van der Waals surface area contributed by atoms with Crippen LogP contribution in [0.4, 0.5) is 11.1 Å². The lowest BCUT2D eigenvalue weighted by atomic mass is 10.2. The van der Waals surface area contributed by atoms with E-state index in [0.717, 1.165) is 20.9 Å². The van der Waals surface area contributed by atoms with Crippen LogP contribution in [-0.2, 0) is 7.05 Å². The van der Waals surface area contributed by atoms with Crippen molar-refractivity contribution in [2.45, 2.75) is 6.92 Å². The molecule has 0 aliphatic carbocycles. The van der Waals surface area contributed by atoms with E-state index in [1.54, 1.807) is 29.5 Å². The van der Waals surface area contributed by atoms with Crippen LogP contribution in [-0.4, -0.2) is 25.6 Å². The number of nitrogens with one attached hydrogen (secondary N) is 1. The van der Waals surface area contributed by atoms with Crippen LogP contribution >= 0.6 is 11.3 Å². The Balaban J connectivity index is 1.75. The molecule has 7 heteroatoms. The van der Waals surface area contributed by atoms with Crippen molar-refractivity contribution in [3.05, 3.63) is 47.5 Å². The van der Waals surface area contributed by atoms with Gasteiger partial charge in [0.15, 0.2) is 5.13 Å². The molecule has 0 saturated heterocycles. The summed E-state index contributed by atoms with van der Waals surface area (Å²) in [6.07, 6.45) is 0. The molecule has 2 aromatic heterocycles. The van der Waals surface area contributed by atoms with Gasteiger partial charge in [-0.05, 0) is 42.8 Å². The number of carboxylic acids is 1. The van der Waals surface area contributed by atoms with Crippen LogP contribution in [0.5, 0.6) is 0 Å². The molecule has 0 fully saturated rings. The van der Waals surface area contributed by atoms with Crippen molar-refractivity contribution in [2.75, 3.05) is 5.32 Å². The Bertz CT molecular complexity index is 1100. The normalized spacial score (nSPS) is 11.2. The number of nitrogens with zero attached hydrogens (tertiary/aromatic N) is 3. The highest BCUT2D eigenvalue weighted by atomic mass is 32.1. The van der Waals surface area contributed by atoms with E-state index in [1.807, 2.05) is 23.7 Å². The Morgan fingerprint density at radius 2 is 2.00 bits per heavy atom. The van der Waals surface area contributed by atoms with E-state index in [9.17, 15) is 4.79 Å². The van der Waals surface area contributed by atoms with Crippen molar-refractivity contribution in [1.29, 1.82) is 0 Å². The van der Waals surface area contributed by atoms with Gasteiger partial charge in [-0.3, -0.25) is 0 Å². The minimum atomic E-state index is -0.960. The van der Waals surface area contributed by atoms with Gasteiger partial charge >= 0.3 is 5.97 Å². The molecular weight excluding hydrogens is 324 g/mol. The van der Waals surface area contributed by atoms with Gasteiger partial charge in [0, 0.05) is 7.05 Å². The van der Waals surface area contributed by atoms with E-state index >= 15 is 0 Å². The van der Waals surface area contributed by atoms with Gasteiger partial charge < -0.3 is 15.0 Å². The molecule has 0 radical (unpaired) electrons. The molecule has 2 N–H and O–H groups in total. The second-order valence-electron chi connectivity index (χ2n) is 5.62. The molecule has 0 spiro atoms. The zero-order valence-electron chi connectivity index (χ0n) is 13.1. The number of aromatic nitrogens is 3. The van der Waals surface area contributed by atoms with E-state index in [4.69, 9.17) is 5.11 Å². The number of aromatic carboxylic acids is 1. The quantitative estimate of drug-likeness (QED) is 0.591. The Morgan fingerprint density at radius 3 is 2.79 bits per heavy atom. The topological polar surface area (TPSA) is 80.0 Å². The molecule has 6 nitrogen and oxygen atoms in total. The average Bonchev–Trinajstić information content (AvgIpc) is 3.08. The Kier molecular flexibility index (Phi) is 3.24. The lowest BCUT2D eigenvalue weighted by Gasteiger charge is -2.02. The minimum Gasteiger partial charge on any atom is -0.478 e. The van der Waals surface area contributed by atoms with Crippen molar-refractivity contribution in [3.8, 4) is 0 Å². The molecule has 4 rings (SSSR count). The Labute approximate surface area is 141 Å². The fourth-order valence-corrected chi connectivity index (χ4v) is 3.58. The van der Waals surface area contributed by atoms with Crippen molar-refractivity contribution in [1.82, 2.24) is 14.5 Å². The van der Waals surface area contributed by atoms with Gasteiger partial charge in [-0.1, -0.05) is 17.4 Å². The first-order chi connectivity index (χ1) is 11.5. The van der Waals surface area contributed by atoms with E-state index in [0.29, 0.717) is 11.5 Å². The highest BCUT2D eigenvalue weighted by Crippen LogP contribution is 2.29. The van der Waals surface area contributed by atoms with Gasteiger partial charge in [0.05, 0.1) is 26.8 Å².